The molecule has 6 rings (SSSR count). The van der Waals surface area contributed by atoms with E-state index in [9.17, 15) is 5.11 Å². The van der Waals surface area contributed by atoms with Crippen LogP contribution in [0.2, 0.25) is 0 Å². The highest BCUT2D eigenvalue weighted by Crippen LogP contribution is 2.45. The van der Waals surface area contributed by atoms with Crippen LogP contribution < -0.4 is 0 Å². The molecule has 3 heterocycles. The van der Waals surface area contributed by atoms with E-state index in [1.54, 1.807) is 12.4 Å². The van der Waals surface area contributed by atoms with Crippen LogP contribution in [0.15, 0.2) is 94.4 Å². The Labute approximate surface area is 185 Å². The number of aliphatic hydroxyl groups is 1. The molecule has 1 atom stereocenters. The van der Waals surface area contributed by atoms with E-state index >= 15 is 0 Å². The maximum Gasteiger partial charge on any atom is 0.263 e. The zero-order valence-corrected chi connectivity index (χ0v) is 17.4. The van der Waals surface area contributed by atoms with E-state index < -0.39 is 0 Å². The zero-order chi connectivity index (χ0) is 21.0. The number of aliphatic hydroxyl groups excluding tert-OH is 1. The number of hydrogen-bond acceptors (Lipinski definition) is 4. The largest absolute Gasteiger partial charge is 0.393 e. The van der Waals surface area contributed by atoms with Gasteiger partial charge in [-0.15, -0.1) is 4.00 Å². The van der Waals surface area contributed by atoms with Crippen LogP contribution in [0.4, 0.5) is 0 Å². The minimum Gasteiger partial charge on any atom is -0.393 e. The van der Waals surface area contributed by atoms with Crippen LogP contribution in [0.3, 0.4) is 0 Å². The van der Waals surface area contributed by atoms with E-state index in [0.29, 0.717) is 12.8 Å². The standard InChI is InChI=1S/C25H20ClN4O/c26-30-11-10-27-15-23(30)24(19-12-20(31)13-19)29-25(30)18-7-6-17-8-9-21(28-22(17)14-18)16-4-2-1-3-5-16/h1-11,14-15,19-20,31H,12-13H2/q+1. The van der Waals surface area contributed by atoms with Crippen molar-refractivity contribution >= 4 is 34.7 Å². The van der Waals surface area contributed by atoms with Crippen molar-refractivity contribution in [1.82, 2.24) is 4.98 Å². The predicted molar refractivity (Wildman–Crippen MR) is 123 cm³/mol. The van der Waals surface area contributed by atoms with E-state index in [2.05, 4.69) is 35.3 Å². The molecule has 3 aromatic rings. The molecule has 0 radical (unpaired) electrons. The summed E-state index contributed by atoms with van der Waals surface area (Å²) in [5.74, 6) is 0.948. The van der Waals surface area contributed by atoms with E-state index in [-0.39, 0.29) is 16.0 Å². The summed E-state index contributed by atoms with van der Waals surface area (Å²) >= 11 is 7.10. The second-order valence-electron chi connectivity index (χ2n) is 8.21. The van der Waals surface area contributed by atoms with Gasteiger partial charge in [0.1, 0.15) is 11.9 Å². The highest BCUT2D eigenvalue weighted by Gasteiger charge is 2.49. The van der Waals surface area contributed by atoms with E-state index in [1.807, 2.05) is 36.5 Å². The molecule has 0 saturated heterocycles. The highest BCUT2D eigenvalue weighted by atomic mass is 35.5. The number of allylic oxidation sites excluding steroid dienone is 2. The van der Waals surface area contributed by atoms with Crippen molar-refractivity contribution in [2.24, 2.45) is 15.9 Å². The molecule has 1 N–H and O–H groups in total. The van der Waals surface area contributed by atoms with Gasteiger partial charge in [0.15, 0.2) is 11.8 Å². The Morgan fingerprint density at radius 2 is 1.77 bits per heavy atom. The Hall–Kier alpha value is -3.12. The first-order valence-electron chi connectivity index (χ1n) is 10.4. The number of fused-ring (bicyclic) bond motifs is 2. The van der Waals surface area contributed by atoms with Crippen molar-refractivity contribution in [3.8, 4) is 11.3 Å². The monoisotopic (exact) mass is 427 g/mol. The summed E-state index contributed by atoms with van der Waals surface area (Å²) in [4.78, 5) is 14.2. The van der Waals surface area contributed by atoms with Crippen LogP contribution in [-0.2, 0) is 0 Å². The van der Waals surface area contributed by atoms with Gasteiger partial charge in [-0.2, -0.15) is 4.99 Å². The topological polar surface area (TPSA) is 57.8 Å². The van der Waals surface area contributed by atoms with Crippen LogP contribution >= 0.6 is 11.8 Å². The molecule has 3 aliphatic rings. The predicted octanol–water partition coefficient (Wildman–Crippen LogP) is 5.17. The van der Waals surface area contributed by atoms with Gasteiger partial charge in [0.05, 0.1) is 35.3 Å². The molecule has 1 unspecified atom stereocenters. The Bertz CT molecular complexity index is 1320. The maximum absolute atomic E-state index is 9.80. The summed E-state index contributed by atoms with van der Waals surface area (Å²) in [6.07, 6.45) is 6.50. The molecular weight excluding hydrogens is 408 g/mol. The number of nitrogens with zero attached hydrogens (tertiary/aromatic N) is 4. The van der Waals surface area contributed by atoms with Crippen LogP contribution in [0.25, 0.3) is 22.2 Å². The molecular formula is C25H20ClN4O+. The fraction of sp³-hybridized carbons (Fsp3) is 0.160. The highest BCUT2D eigenvalue weighted by molar-refractivity contribution is 6.20. The number of rotatable bonds is 3. The molecule has 0 bridgehead atoms. The summed E-state index contributed by atoms with van der Waals surface area (Å²) in [6, 6.07) is 20.5. The van der Waals surface area contributed by atoms with Crippen molar-refractivity contribution in [2.75, 3.05) is 0 Å². The lowest BCUT2D eigenvalue weighted by Crippen LogP contribution is -2.38. The third-order valence-corrected chi connectivity index (χ3v) is 6.68. The summed E-state index contributed by atoms with van der Waals surface area (Å²) in [6.45, 7) is 0. The van der Waals surface area contributed by atoms with Gasteiger partial charge in [-0.25, -0.2) is 4.98 Å². The number of aliphatic imine (C=N–C) groups is 2. The van der Waals surface area contributed by atoms with Crippen LogP contribution in [0.5, 0.6) is 0 Å². The van der Waals surface area contributed by atoms with Crippen LogP contribution in [0.1, 0.15) is 18.4 Å². The maximum atomic E-state index is 9.80. The van der Waals surface area contributed by atoms with Gasteiger partial charge in [-0.3, -0.25) is 4.99 Å². The normalized spacial score (nSPS) is 26.7. The summed E-state index contributed by atoms with van der Waals surface area (Å²) in [7, 11) is 0. The second-order valence-corrected chi connectivity index (χ2v) is 8.74. The van der Waals surface area contributed by atoms with Gasteiger partial charge < -0.3 is 5.11 Å². The minimum absolute atomic E-state index is 0.0324. The molecule has 1 fully saturated rings. The average Bonchev–Trinajstić information content (AvgIpc) is 3.09. The Kier molecular flexibility index (Phi) is 4.18. The van der Waals surface area contributed by atoms with Crippen molar-refractivity contribution in [2.45, 2.75) is 18.9 Å². The Morgan fingerprint density at radius 1 is 0.968 bits per heavy atom. The van der Waals surface area contributed by atoms with E-state index in [1.165, 1.54) is 0 Å². The fourth-order valence-electron chi connectivity index (χ4n) is 4.46. The number of benzene rings is 2. The number of pyridine rings is 1. The molecule has 31 heavy (non-hydrogen) atoms. The molecule has 2 aliphatic heterocycles. The lowest BCUT2D eigenvalue weighted by Gasteiger charge is -2.31. The van der Waals surface area contributed by atoms with Gasteiger partial charge in [-0.1, -0.05) is 42.5 Å². The molecule has 2 aromatic carbocycles. The van der Waals surface area contributed by atoms with Crippen LogP contribution in [-0.4, -0.2) is 32.2 Å². The first-order chi connectivity index (χ1) is 15.1. The van der Waals surface area contributed by atoms with Gasteiger partial charge in [0, 0.05) is 16.9 Å². The quantitative estimate of drug-likeness (QED) is 0.586. The smallest absolute Gasteiger partial charge is 0.263 e. The first-order valence-corrected chi connectivity index (χ1v) is 10.7. The number of amidine groups is 1. The van der Waals surface area contributed by atoms with Gasteiger partial charge >= 0.3 is 0 Å². The molecule has 1 aromatic heterocycles. The molecule has 0 amide bonds. The third kappa shape index (κ3) is 2.97. The summed E-state index contributed by atoms with van der Waals surface area (Å²) < 4.78 is -0.0324. The summed E-state index contributed by atoms with van der Waals surface area (Å²) in [5.41, 5.74) is 5.62. The Balaban J connectivity index is 1.45. The molecule has 1 aliphatic carbocycles. The molecule has 0 spiro atoms. The lowest BCUT2D eigenvalue weighted by molar-refractivity contribution is -0.600. The first kappa shape index (κ1) is 18.6. The third-order valence-electron chi connectivity index (χ3n) is 6.22. The molecule has 1 saturated carbocycles. The fourth-order valence-corrected chi connectivity index (χ4v) is 4.78. The molecule has 6 heteroatoms. The minimum atomic E-state index is -0.257. The Morgan fingerprint density at radius 3 is 2.58 bits per heavy atom. The molecule has 152 valence electrons. The van der Waals surface area contributed by atoms with E-state index in [0.717, 1.165) is 45.0 Å². The number of aromatic nitrogens is 1. The van der Waals surface area contributed by atoms with Crippen molar-refractivity contribution < 1.29 is 9.11 Å². The lowest BCUT2D eigenvalue weighted by atomic mass is 9.79. The van der Waals surface area contributed by atoms with Gasteiger partial charge in [0.2, 0.25) is 5.70 Å². The second kappa shape index (κ2) is 6.95. The SMILES string of the molecule is OC1CC(C2=C3C=NC=C[N+]3(Cl)C(c3ccc4ccc(-c5ccccc5)nc4c3)=N2)C1. The average molecular weight is 428 g/mol. The van der Waals surface area contributed by atoms with Crippen molar-refractivity contribution in [1.29, 1.82) is 0 Å². The number of hydrogen-bond donors (Lipinski definition) is 1. The van der Waals surface area contributed by atoms with Crippen molar-refractivity contribution in [3.63, 3.8) is 0 Å². The number of halogens is 1. The van der Waals surface area contributed by atoms with E-state index in [4.69, 9.17) is 21.8 Å². The van der Waals surface area contributed by atoms with Gasteiger partial charge in [-0.05, 0) is 31.0 Å². The van der Waals surface area contributed by atoms with Gasteiger partial charge in [0.25, 0.3) is 5.84 Å². The molecule has 5 nitrogen and oxygen atoms in total. The number of quaternary nitrogens is 1. The van der Waals surface area contributed by atoms with Crippen molar-refractivity contribution in [3.05, 3.63) is 90.0 Å². The summed E-state index contributed by atoms with van der Waals surface area (Å²) in [5, 5.41) is 10.9. The zero-order valence-electron chi connectivity index (χ0n) is 16.7. The van der Waals surface area contributed by atoms with Crippen LogP contribution in [0, 0.1) is 5.92 Å².